The monoisotopic (exact) mass is 225 g/mol. The molecule has 1 rings (SSSR count). The number of hydrogen-bond acceptors (Lipinski definition) is 5. The van der Waals surface area contributed by atoms with Crippen molar-refractivity contribution in [2.45, 2.75) is 19.9 Å². The molecule has 1 unspecified atom stereocenters. The van der Waals surface area contributed by atoms with Crippen LogP contribution in [0.2, 0.25) is 0 Å². The number of ether oxygens (including phenoxy) is 1. The molecule has 1 heterocycles. The van der Waals surface area contributed by atoms with Crippen LogP contribution in [-0.4, -0.2) is 33.2 Å². The summed E-state index contributed by atoms with van der Waals surface area (Å²) in [6.07, 6.45) is 1.85. The van der Waals surface area contributed by atoms with Gasteiger partial charge in [-0.1, -0.05) is 0 Å². The second-order valence-corrected chi connectivity index (χ2v) is 3.10. The summed E-state index contributed by atoms with van der Waals surface area (Å²) in [4.78, 5) is 29.1. The maximum atomic E-state index is 11.2. The molecule has 0 aliphatic rings. The van der Waals surface area contributed by atoms with Crippen LogP contribution in [0.5, 0.6) is 5.88 Å². The summed E-state index contributed by atoms with van der Waals surface area (Å²) in [7, 11) is 0. The number of carbonyl (C=O) groups is 2. The highest BCUT2D eigenvalue weighted by Crippen LogP contribution is 2.10. The fraction of sp³-hybridized carbons (Fsp3) is 0.333. The predicted molar refractivity (Wildman–Crippen MR) is 53.0 cm³/mol. The van der Waals surface area contributed by atoms with E-state index in [0.717, 1.165) is 0 Å². The van der Waals surface area contributed by atoms with E-state index in [4.69, 9.17) is 9.84 Å². The Bertz CT molecular complexity index is 407. The molecule has 0 radical (unpaired) electrons. The molecule has 0 spiro atoms. The first-order valence-electron chi connectivity index (χ1n) is 4.48. The van der Waals surface area contributed by atoms with Crippen LogP contribution in [0.4, 0.5) is 4.79 Å². The summed E-state index contributed by atoms with van der Waals surface area (Å²) in [6.45, 7) is 3.00. The lowest BCUT2D eigenvalue weighted by Gasteiger charge is -2.09. The highest BCUT2D eigenvalue weighted by atomic mass is 16.6. The quantitative estimate of drug-likeness (QED) is 0.769. The third-order valence-corrected chi connectivity index (χ3v) is 1.74. The fourth-order valence-electron chi connectivity index (χ4n) is 0.851. The highest BCUT2D eigenvalue weighted by Gasteiger charge is 2.16. The van der Waals surface area contributed by atoms with Crippen LogP contribution < -0.4 is 10.1 Å². The van der Waals surface area contributed by atoms with E-state index in [1.54, 1.807) is 6.92 Å². The van der Waals surface area contributed by atoms with E-state index in [2.05, 4.69) is 15.3 Å². The maximum absolute atomic E-state index is 11.2. The van der Waals surface area contributed by atoms with Crippen molar-refractivity contribution in [2.24, 2.45) is 0 Å². The first-order chi connectivity index (χ1) is 7.50. The van der Waals surface area contributed by atoms with Gasteiger partial charge in [0.15, 0.2) is 0 Å². The third kappa shape index (κ3) is 3.19. The number of aromatic nitrogens is 2. The summed E-state index contributed by atoms with van der Waals surface area (Å²) >= 11 is 0. The van der Waals surface area contributed by atoms with Gasteiger partial charge in [-0.05, 0) is 13.8 Å². The Morgan fingerprint density at radius 2 is 2.25 bits per heavy atom. The number of rotatable bonds is 3. The maximum Gasteiger partial charge on any atom is 0.414 e. The van der Waals surface area contributed by atoms with Crippen molar-refractivity contribution < 1.29 is 19.4 Å². The molecule has 1 aromatic heterocycles. The number of carboxylic acids is 1. The second-order valence-electron chi connectivity index (χ2n) is 3.10. The van der Waals surface area contributed by atoms with Crippen LogP contribution in [0, 0.1) is 6.92 Å². The molecule has 86 valence electrons. The number of nitrogens with zero attached hydrogens (tertiary/aromatic N) is 2. The minimum atomic E-state index is -1.14. The number of hydrogen-bond donors (Lipinski definition) is 2. The van der Waals surface area contributed by atoms with Crippen molar-refractivity contribution in [3.63, 3.8) is 0 Å². The first kappa shape index (κ1) is 11.9. The Morgan fingerprint density at radius 3 is 2.81 bits per heavy atom. The molecular weight excluding hydrogens is 214 g/mol. The molecule has 2 N–H and O–H groups in total. The van der Waals surface area contributed by atoms with Gasteiger partial charge in [0, 0.05) is 11.8 Å². The fourth-order valence-corrected chi connectivity index (χ4v) is 0.851. The van der Waals surface area contributed by atoms with Crippen LogP contribution in [0.25, 0.3) is 0 Å². The lowest BCUT2D eigenvalue weighted by atomic mass is 10.3. The van der Waals surface area contributed by atoms with E-state index in [1.807, 2.05) is 0 Å². The SMILES string of the molecule is Cc1cncnc1OC(=O)NC(C)C(=O)O. The van der Waals surface area contributed by atoms with Gasteiger partial charge in [0.25, 0.3) is 0 Å². The molecule has 7 heteroatoms. The van der Waals surface area contributed by atoms with Crippen molar-refractivity contribution in [3.05, 3.63) is 18.1 Å². The highest BCUT2D eigenvalue weighted by molar-refractivity contribution is 5.80. The van der Waals surface area contributed by atoms with Crippen LogP contribution in [0.3, 0.4) is 0 Å². The smallest absolute Gasteiger partial charge is 0.414 e. The standard InChI is InChI=1S/C9H11N3O4/c1-5-3-10-4-11-7(5)16-9(15)12-6(2)8(13)14/h3-4,6H,1-2H3,(H,12,15)(H,13,14). The average molecular weight is 225 g/mol. The Hall–Kier alpha value is -2.18. The van der Waals surface area contributed by atoms with E-state index in [1.165, 1.54) is 19.4 Å². The minimum Gasteiger partial charge on any atom is -0.480 e. The summed E-state index contributed by atoms with van der Waals surface area (Å²) in [5, 5.41) is 10.7. The molecule has 7 nitrogen and oxygen atoms in total. The summed E-state index contributed by atoms with van der Waals surface area (Å²) in [5.41, 5.74) is 0.584. The molecule has 0 fully saturated rings. The molecule has 0 saturated carbocycles. The number of aliphatic carboxylic acids is 1. The molecule has 1 aromatic rings. The normalized spacial score (nSPS) is 11.6. The molecular formula is C9H11N3O4. The number of carbonyl (C=O) groups excluding carboxylic acids is 1. The minimum absolute atomic E-state index is 0.102. The average Bonchev–Trinajstić information content (AvgIpc) is 2.21. The van der Waals surface area contributed by atoms with Gasteiger partial charge in [-0.2, -0.15) is 0 Å². The van der Waals surface area contributed by atoms with Gasteiger partial charge >= 0.3 is 12.1 Å². The van der Waals surface area contributed by atoms with Crippen LogP contribution >= 0.6 is 0 Å². The van der Waals surface area contributed by atoms with E-state index >= 15 is 0 Å². The van der Waals surface area contributed by atoms with Gasteiger partial charge in [-0.25, -0.2) is 14.8 Å². The summed E-state index contributed by atoms with van der Waals surface area (Å²) in [6, 6.07) is -1.02. The van der Waals surface area contributed by atoms with E-state index in [0.29, 0.717) is 5.56 Å². The predicted octanol–water partition coefficient (Wildman–Crippen LogP) is 0.347. The van der Waals surface area contributed by atoms with Crippen molar-refractivity contribution in [3.8, 4) is 5.88 Å². The zero-order valence-corrected chi connectivity index (χ0v) is 8.80. The lowest BCUT2D eigenvalue weighted by molar-refractivity contribution is -0.138. The van der Waals surface area contributed by atoms with E-state index < -0.39 is 18.1 Å². The van der Waals surface area contributed by atoms with Gasteiger partial charge < -0.3 is 15.2 Å². The van der Waals surface area contributed by atoms with Gasteiger partial charge in [0.05, 0.1) is 0 Å². The summed E-state index contributed by atoms with van der Waals surface area (Å²) < 4.78 is 4.80. The molecule has 1 amide bonds. The first-order valence-corrected chi connectivity index (χ1v) is 4.48. The number of amides is 1. The van der Waals surface area contributed by atoms with Crippen molar-refractivity contribution >= 4 is 12.1 Å². The van der Waals surface area contributed by atoms with Gasteiger partial charge in [0.2, 0.25) is 5.88 Å². The van der Waals surface area contributed by atoms with Gasteiger partial charge in [-0.3, -0.25) is 4.79 Å². The Balaban J connectivity index is 2.59. The molecule has 0 aliphatic heterocycles. The summed E-state index contributed by atoms with van der Waals surface area (Å²) in [5.74, 6) is -1.04. The number of carboxylic acid groups (broad SMARTS) is 1. The molecule has 16 heavy (non-hydrogen) atoms. The van der Waals surface area contributed by atoms with Crippen LogP contribution in [0.1, 0.15) is 12.5 Å². The Morgan fingerprint density at radius 1 is 1.56 bits per heavy atom. The van der Waals surface area contributed by atoms with Gasteiger partial charge in [-0.15, -0.1) is 0 Å². The molecule has 0 bridgehead atoms. The topological polar surface area (TPSA) is 101 Å². The van der Waals surface area contributed by atoms with E-state index in [9.17, 15) is 9.59 Å². The molecule has 0 aromatic carbocycles. The molecule has 1 atom stereocenters. The van der Waals surface area contributed by atoms with Crippen molar-refractivity contribution in [1.29, 1.82) is 0 Å². The number of nitrogens with one attached hydrogen (secondary N) is 1. The Kier molecular flexibility index (Phi) is 3.76. The van der Waals surface area contributed by atoms with Gasteiger partial charge in [0.1, 0.15) is 12.4 Å². The second kappa shape index (κ2) is 5.06. The molecule has 0 aliphatic carbocycles. The third-order valence-electron chi connectivity index (χ3n) is 1.74. The Labute approximate surface area is 91.5 Å². The zero-order valence-electron chi connectivity index (χ0n) is 8.80. The van der Waals surface area contributed by atoms with Crippen LogP contribution in [-0.2, 0) is 4.79 Å². The van der Waals surface area contributed by atoms with E-state index in [-0.39, 0.29) is 5.88 Å². The van der Waals surface area contributed by atoms with Crippen molar-refractivity contribution in [1.82, 2.24) is 15.3 Å². The zero-order chi connectivity index (χ0) is 12.1. The number of aryl methyl sites for hydroxylation is 1. The molecule has 0 saturated heterocycles. The lowest BCUT2D eigenvalue weighted by Crippen LogP contribution is -2.40. The van der Waals surface area contributed by atoms with Crippen molar-refractivity contribution in [2.75, 3.05) is 0 Å². The van der Waals surface area contributed by atoms with Crippen LogP contribution in [0.15, 0.2) is 12.5 Å². The largest absolute Gasteiger partial charge is 0.480 e.